The molecule has 0 atom stereocenters. The van der Waals surface area contributed by atoms with Gasteiger partial charge in [0.25, 0.3) is 5.69 Å². The van der Waals surface area contributed by atoms with Crippen molar-refractivity contribution in [3.05, 3.63) is 57.9 Å². The number of anilines is 1. The molecule has 1 N–H and O–H groups in total. The monoisotopic (exact) mass is 286 g/mol. The van der Waals surface area contributed by atoms with Crippen molar-refractivity contribution in [3.8, 4) is 11.1 Å². The lowest BCUT2D eigenvalue weighted by molar-refractivity contribution is -0.385. The predicted octanol–water partition coefficient (Wildman–Crippen LogP) is 4.10. The fraction of sp³-hybridized carbons (Fsp3) is 0.250. The van der Waals surface area contributed by atoms with E-state index in [1.165, 1.54) is 12.1 Å². The van der Waals surface area contributed by atoms with E-state index in [0.717, 1.165) is 29.4 Å². The van der Waals surface area contributed by atoms with Gasteiger partial charge in [0.15, 0.2) is 0 Å². The van der Waals surface area contributed by atoms with Crippen LogP contribution in [0.4, 0.5) is 15.8 Å². The number of hydrogen-bond acceptors (Lipinski definition) is 3. The molecule has 0 unspecified atom stereocenters. The minimum Gasteiger partial charge on any atom is -0.384 e. The highest BCUT2D eigenvalue weighted by Gasteiger charge is 2.29. The van der Waals surface area contributed by atoms with Crippen LogP contribution in [0, 0.1) is 15.9 Å². The van der Waals surface area contributed by atoms with Crippen molar-refractivity contribution in [1.82, 2.24) is 0 Å². The van der Waals surface area contributed by atoms with E-state index < -0.39 is 10.7 Å². The van der Waals surface area contributed by atoms with Crippen molar-refractivity contribution >= 4 is 11.4 Å². The Morgan fingerprint density at radius 1 is 1.19 bits per heavy atom. The van der Waals surface area contributed by atoms with Crippen molar-refractivity contribution in [1.29, 1.82) is 0 Å². The second-order valence-electron chi connectivity index (χ2n) is 5.95. The maximum Gasteiger partial charge on any atom is 0.272 e. The van der Waals surface area contributed by atoms with Gasteiger partial charge < -0.3 is 5.32 Å². The third-order valence-corrected chi connectivity index (χ3v) is 3.90. The third kappa shape index (κ3) is 2.35. The molecule has 0 aliphatic carbocycles. The zero-order valence-electron chi connectivity index (χ0n) is 11.8. The number of nitro groups is 1. The Morgan fingerprint density at radius 2 is 1.95 bits per heavy atom. The minimum absolute atomic E-state index is 0.00932. The molecule has 4 nitrogen and oxygen atoms in total. The fourth-order valence-electron chi connectivity index (χ4n) is 2.70. The molecule has 21 heavy (non-hydrogen) atoms. The van der Waals surface area contributed by atoms with Crippen LogP contribution in [0.2, 0.25) is 0 Å². The second-order valence-corrected chi connectivity index (χ2v) is 5.95. The van der Waals surface area contributed by atoms with E-state index in [4.69, 9.17) is 0 Å². The Balaban J connectivity index is 2.12. The molecule has 2 aromatic rings. The van der Waals surface area contributed by atoms with Gasteiger partial charge in [0.2, 0.25) is 0 Å². The topological polar surface area (TPSA) is 55.2 Å². The molecule has 0 aromatic heterocycles. The number of fused-ring (bicyclic) bond motifs is 1. The number of rotatable bonds is 2. The molecule has 0 saturated carbocycles. The average molecular weight is 286 g/mol. The second kappa shape index (κ2) is 4.55. The number of halogens is 1. The average Bonchev–Trinajstić information content (AvgIpc) is 2.73. The molecular formula is C16H15FN2O2. The number of hydrogen-bond donors (Lipinski definition) is 1. The van der Waals surface area contributed by atoms with E-state index in [9.17, 15) is 14.5 Å². The van der Waals surface area contributed by atoms with Crippen molar-refractivity contribution in [2.45, 2.75) is 19.3 Å². The minimum atomic E-state index is -0.600. The van der Waals surface area contributed by atoms with Crippen molar-refractivity contribution in [2.75, 3.05) is 11.9 Å². The number of nitrogens with zero attached hydrogens (tertiary/aromatic N) is 1. The van der Waals surface area contributed by atoms with E-state index in [1.54, 1.807) is 0 Å². The molecule has 1 aliphatic rings. The number of nitrogens with one attached hydrogen (secondary N) is 1. The summed E-state index contributed by atoms with van der Waals surface area (Å²) in [6.45, 7) is 5.10. The van der Waals surface area contributed by atoms with E-state index in [2.05, 4.69) is 19.2 Å². The normalized spacial score (nSPS) is 15.4. The lowest BCUT2D eigenvalue weighted by Crippen LogP contribution is -2.18. The van der Waals surface area contributed by atoms with Gasteiger partial charge in [-0.05, 0) is 34.9 Å². The van der Waals surface area contributed by atoms with E-state index >= 15 is 0 Å². The van der Waals surface area contributed by atoms with E-state index in [1.807, 2.05) is 18.2 Å². The van der Waals surface area contributed by atoms with E-state index in [-0.39, 0.29) is 11.1 Å². The van der Waals surface area contributed by atoms with Gasteiger partial charge in [0, 0.05) is 23.7 Å². The number of non-ortho nitro benzene ring substituents is 1. The third-order valence-electron chi connectivity index (χ3n) is 3.90. The first-order valence-electron chi connectivity index (χ1n) is 6.70. The summed E-state index contributed by atoms with van der Waals surface area (Å²) in [4.78, 5) is 10.3. The first-order chi connectivity index (χ1) is 9.87. The van der Waals surface area contributed by atoms with E-state index in [0.29, 0.717) is 5.56 Å². The van der Waals surface area contributed by atoms with Gasteiger partial charge in [-0.1, -0.05) is 19.9 Å². The summed E-state index contributed by atoms with van der Waals surface area (Å²) in [5, 5.41) is 14.2. The molecule has 0 spiro atoms. The molecule has 1 aliphatic heterocycles. The highest BCUT2D eigenvalue weighted by molar-refractivity contribution is 5.73. The molecule has 0 amide bonds. The van der Waals surface area contributed by atoms with Gasteiger partial charge in [-0.15, -0.1) is 0 Å². The molecule has 2 aromatic carbocycles. The van der Waals surface area contributed by atoms with Crippen LogP contribution < -0.4 is 5.32 Å². The van der Waals surface area contributed by atoms with Crippen molar-refractivity contribution in [2.24, 2.45) is 0 Å². The summed E-state index contributed by atoms with van der Waals surface area (Å²) in [6, 6.07) is 9.43. The Kier molecular flexibility index (Phi) is 2.93. The Morgan fingerprint density at radius 3 is 2.67 bits per heavy atom. The molecule has 0 saturated heterocycles. The maximum atomic E-state index is 13.6. The molecule has 108 valence electrons. The van der Waals surface area contributed by atoms with Gasteiger partial charge in [-0.25, -0.2) is 4.39 Å². The molecule has 0 fully saturated rings. The number of benzene rings is 2. The van der Waals surface area contributed by atoms with Crippen LogP contribution in [0.25, 0.3) is 11.1 Å². The summed E-state index contributed by atoms with van der Waals surface area (Å²) in [6.07, 6.45) is 0. The maximum absolute atomic E-state index is 13.6. The standard InChI is InChI=1S/C16H15FN2O2/c1-16(2)9-18-15-4-3-10(7-14(15)16)11-5-12(17)8-13(6-11)19(20)21/h3-8,18H,9H2,1-2H3. The Hall–Kier alpha value is -2.43. The predicted molar refractivity (Wildman–Crippen MR) is 80.0 cm³/mol. The summed E-state index contributed by atoms with van der Waals surface area (Å²) in [7, 11) is 0. The van der Waals surface area contributed by atoms with Gasteiger partial charge in [-0.2, -0.15) is 0 Å². The summed E-state index contributed by atoms with van der Waals surface area (Å²) >= 11 is 0. The zero-order valence-corrected chi connectivity index (χ0v) is 11.8. The van der Waals surface area contributed by atoms with Gasteiger partial charge in [0.05, 0.1) is 11.0 Å². The van der Waals surface area contributed by atoms with Crippen LogP contribution >= 0.6 is 0 Å². The summed E-state index contributed by atoms with van der Waals surface area (Å²) in [5.41, 5.74) is 3.27. The highest BCUT2D eigenvalue weighted by atomic mass is 19.1. The Bertz CT molecular complexity index is 741. The van der Waals surface area contributed by atoms with Crippen LogP contribution in [-0.2, 0) is 5.41 Å². The molecule has 3 rings (SSSR count). The van der Waals surface area contributed by atoms with Crippen LogP contribution in [0.1, 0.15) is 19.4 Å². The van der Waals surface area contributed by atoms with Gasteiger partial charge in [0.1, 0.15) is 5.82 Å². The zero-order chi connectivity index (χ0) is 15.2. The molecule has 0 radical (unpaired) electrons. The fourth-order valence-corrected chi connectivity index (χ4v) is 2.70. The van der Waals surface area contributed by atoms with Crippen LogP contribution in [-0.4, -0.2) is 11.5 Å². The number of nitro benzene ring substituents is 1. The quantitative estimate of drug-likeness (QED) is 0.668. The molecule has 5 heteroatoms. The highest BCUT2D eigenvalue weighted by Crippen LogP contribution is 2.39. The first-order valence-corrected chi connectivity index (χ1v) is 6.70. The first kappa shape index (κ1) is 13.5. The summed E-state index contributed by atoms with van der Waals surface area (Å²) in [5.74, 6) is -0.600. The Labute approximate surface area is 121 Å². The SMILES string of the molecule is CC1(C)CNc2ccc(-c3cc(F)cc([N+](=O)[O-])c3)cc21. The van der Waals surface area contributed by atoms with Crippen molar-refractivity contribution in [3.63, 3.8) is 0 Å². The van der Waals surface area contributed by atoms with Crippen LogP contribution in [0.5, 0.6) is 0 Å². The van der Waals surface area contributed by atoms with Crippen LogP contribution in [0.15, 0.2) is 36.4 Å². The lowest BCUT2D eigenvalue weighted by atomic mass is 9.85. The van der Waals surface area contributed by atoms with Gasteiger partial charge >= 0.3 is 0 Å². The van der Waals surface area contributed by atoms with Gasteiger partial charge in [-0.3, -0.25) is 10.1 Å². The smallest absolute Gasteiger partial charge is 0.272 e. The molecular weight excluding hydrogens is 271 g/mol. The van der Waals surface area contributed by atoms with Crippen LogP contribution in [0.3, 0.4) is 0 Å². The summed E-state index contributed by atoms with van der Waals surface area (Å²) < 4.78 is 13.6. The molecule has 1 heterocycles. The van der Waals surface area contributed by atoms with Crippen molar-refractivity contribution < 1.29 is 9.31 Å². The molecule has 0 bridgehead atoms. The largest absolute Gasteiger partial charge is 0.384 e. The lowest BCUT2D eigenvalue weighted by Gasteiger charge is -2.17.